The van der Waals surface area contributed by atoms with Gasteiger partial charge in [0.2, 0.25) is 5.90 Å². The van der Waals surface area contributed by atoms with E-state index in [0.717, 1.165) is 10.0 Å². The van der Waals surface area contributed by atoms with E-state index in [1.165, 1.54) is 6.08 Å². The first-order valence-electron chi connectivity index (χ1n) is 6.17. The van der Waals surface area contributed by atoms with Crippen LogP contribution in [0.2, 0.25) is 10.0 Å². The minimum Gasteiger partial charge on any atom is -0.487 e. The fourth-order valence-electron chi connectivity index (χ4n) is 1.42. The molecule has 3 nitrogen and oxygen atoms in total. The van der Waals surface area contributed by atoms with Gasteiger partial charge in [0.1, 0.15) is 13.2 Å². The van der Waals surface area contributed by atoms with Gasteiger partial charge in [0, 0.05) is 10.7 Å². The fourth-order valence-corrected chi connectivity index (χ4v) is 2.22. The SMILES string of the molecule is C=CC(=N/C=C(\C)Br)OCCOc1c(Cl)cc(C)cc1Cl. The van der Waals surface area contributed by atoms with Crippen LogP contribution in [0, 0.1) is 6.92 Å². The van der Waals surface area contributed by atoms with Crippen LogP contribution in [-0.2, 0) is 4.74 Å². The molecule has 0 heterocycles. The highest BCUT2D eigenvalue weighted by Crippen LogP contribution is 2.33. The zero-order valence-electron chi connectivity index (χ0n) is 11.8. The summed E-state index contributed by atoms with van der Waals surface area (Å²) in [7, 11) is 0. The average Bonchev–Trinajstić information content (AvgIpc) is 2.39. The van der Waals surface area contributed by atoms with Gasteiger partial charge in [-0.05, 0) is 37.6 Å². The molecule has 1 aromatic rings. The van der Waals surface area contributed by atoms with Crippen molar-refractivity contribution in [3.63, 3.8) is 0 Å². The summed E-state index contributed by atoms with van der Waals surface area (Å²) in [4.78, 5) is 4.09. The summed E-state index contributed by atoms with van der Waals surface area (Å²) in [6.45, 7) is 8.02. The van der Waals surface area contributed by atoms with E-state index in [-0.39, 0.29) is 0 Å². The monoisotopic (exact) mass is 391 g/mol. The van der Waals surface area contributed by atoms with E-state index in [9.17, 15) is 0 Å². The molecule has 0 saturated heterocycles. The van der Waals surface area contributed by atoms with Gasteiger partial charge in [0.05, 0.1) is 10.0 Å². The first-order chi connectivity index (χ1) is 9.93. The molecule has 21 heavy (non-hydrogen) atoms. The van der Waals surface area contributed by atoms with Crippen molar-refractivity contribution in [2.24, 2.45) is 4.99 Å². The van der Waals surface area contributed by atoms with Crippen molar-refractivity contribution in [3.8, 4) is 5.75 Å². The molecule has 0 amide bonds. The normalized spacial score (nSPS) is 12.2. The molecule has 0 aromatic heterocycles. The van der Waals surface area contributed by atoms with Gasteiger partial charge >= 0.3 is 0 Å². The van der Waals surface area contributed by atoms with Crippen LogP contribution >= 0.6 is 39.1 Å². The highest BCUT2D eigenvalue weighted by Gasteiger charge is 2.08. The summed E-state index contributed by atoms with van der Waals surface area (Å²) in [6.07, 6.45) is 3.16. The predicted octanol–water partition coefficient (Wildman–Crippen LogP) is 5.54. The van der Waals surface area contributed by atoms with Gasteiger partial charge in [-0.1, -0.05) is 45.7 Å². The number of aryl methyl sites for hydroxylation is 1. The second-order valence-electron chi connectivity index (χ2n) is 4.14. The lowest BCUT2D eigenvalue weighted by Crippen LogP contribution is -2.10. The van der Waals surface area contributed by atoms with Crippen LogP contribution in [0.4, 0.5) is 0 Å². The molecule has 0 fully saturated rings. The summed E-state index contributed by atoms with van der Waals surface area (Å²) < 4.78 is 11.9. The van der Waals surface area contributed by atoms with Crippen LogP contribution in [0.5, 0.6) is 5.75 Å². The van der Waals surface area contributed by atoms with Gasteiger partial charge in [0.25, 0.3) is 0 Å². The van der Waals surface area contributed by atoms with Gasteiger partial charge in [0.15, 0.2) is 5.75 Å². The molecule has 0 saturated carbocycles. The Morgan fingerprint density at radius 3 is 2.48 bits per heavy atom. The van der Waals surface area contributed by atoms with E-state index in [0.29, 0.717) is 34.9 Å². The summed E-state index contributed by atoms with van der Waals surface area (Å²) in [5.41, 5.74) is 0.978. The van der Waals surface area contributed by atoms with Crippen molar-refractivity contribution in [1.29, 1.82) is 0 Å². The van der Waals surface area contributed by atoms with Gasteiger partial charge in [-0.2, -0.15) is 0 Å². The molecular weight excluding hydrogens is 377 g/mol. The first kappa shape index (κ1) is 18.1. The number of ether oxygens (including phenoxy) is 2. The largest absolute Gasteiger partial charge is 0.487 e. The maximum Gasteiger partial charge on any atom is 0.212 e. The van der Waals surface area contributed by atoms with Crippen molar-refractivity contribution < 1.29 is 9.47 Å². The number of nitrogens with zero attached hydrogens (tertiary/aromatic N) is 1. The molecule has 0 spiro atoms. The third kappa shape index (κ3) is 6.55. The number of hydrogen-bond donors (Lipinski definition) is 0. The van der Waals surface area contributed by atoms with Crippen LogP contribution in [0.15, 0.2) is 40.5 Å². The molecule has 0 N–H and O–H groups in total. The number of benzene rings is 1. The molecule has 0 unspecified atom stereocenters. The standard InChI is InChI=1S/C15H16BrCl2NO2/c1-4-14(19-9-11(3)16)20-5-6-21-15-12(17)7-10(2)8-13(15)18/h4,7-9H,1,5-6H2,2-3H3/b11-9+,19-14?. The van der Waals surface area contributed by atoms with E-state index in [4.69, 9.17) is 32.7 Å². The average molecular weight is 393 g/mol. The van der Waals surface area contributed by atoms with E-state index < -0.39 is 0 Å². The van der Waals surface area contributed by atoms with E-state index in [1.807, 2.05) is 13.8 Å². The Morgan fingerprint density at radius 2 is 1.95 bits per heavy atom. The number of allylic oxidation sites excluding steroid dienone is 1. The minimum absolute atomic E-state index is 0.298. The molecule has 1 rings (SSSR count). The van der Waals surface area contributed by atoms with Gasteiger partial charge in [-0.15, -0.1) is 0 Å². The topological polar surface area (TPSA) is 30.8 Å². The molecule has 0 aliphatic carbocycles. The first-order valence-corrected chi connectivity index (χ1v) is 7.72. The van der Waals surface area contributed by atoms with Crippen LogP contribution in [-0.4, -0.2) is 19.1 Å². The van der Waals surface area contributed by atoms with Crippen molar-refractivity contribution in [2.45, 2.75) is 13.8 Å². The quantitative estimate of drug-likeness (QED) is 0.361. The summed E-state index contributed by atoms with van der Waals surface area (Å²) in [6, 6.07) is 3.59. The molecule has 0 aliphatic rings. The molecule has 6 heteroatoms. The van der Waals surface area contributed by atoms with Crippen LogP contribution in [0.1, 0.15) is 12.5 Å². The lowest BCUT2D eigenvalue weighted by atomic mass is 10.2. The molecule has 0 bridgehead atoms. The summed E-state index contributed by atoms with van der Waals surface area (Å²) in [5, 5.41) is 0.964. The Labute approximate surface area is 143 Å². The van der Waals surface area contributed by atoms with E-state index in [2.05, 4.69) is 27.5 Å². The van der Waals surface area contributed by atoms with Crippen molar-refractivity contribution in [2.75, 3.05) is 13.2 Å². The second-order valence-corrected chi connectivity index (χ2v) is 6.21. The van der Waals surface area contributed by atoms with Crippen molar-refractivity contribution >= 4 is 45.0 Å². The van der Waals surface area contributed by atoms with Crippen LogP contribution in [0.3, 0.4) is 0 Å². The highest BCUT2D eigenvalue weighted by molar-refractivity contribution is 9.11. The van der Waals surface area contributed by atoms with Gasteiger partial charge in [-0.3, -0.25) is 0 Å². The lowest BCUT2D eigenvalue weighted by Gasteiger charge is -2.11. The van der Waals surface area contributed by atoms with E-state index in [1.54, 1.807) is 18.3 Å². The smallest absolute Gasteiger partial charge is 0.212 e. The van der Waals surface area contributed by atoms with Gasteiger partial charge in [-0.25, -0.2) is 4.99 Å². The summed E-state index contributed by atoms with van der Waals surface area (Å²) in [5.74, 6) is 0.874. The Morgan fingerprint density at radius 1 is 1.33 bits per heavy atom. The molecule has 1 aromatic carbocycles. The number of hydrogen-bond acceptors (Lipinski definition) is 3. The van der Waals surface area contributed by atoms with E-state index >= 15 is 0 Å². The number of aliphatic imine (C=N–C) groups is 1. The number of halogens is 3. The fraction of sp³-hybridized carbons (Fsp3) is 0.267. The third-order valence-electron chi connectivity index (χ3n) is 2.27. The molecule has 0 atom stereocenters. The highest BCUT2D eigenvalue weighted by atomic mass is 79.9. The Hall–Kier alpha value is -0.970. The van der Waals surface area contributed by atoms with Crippen molar-refractivity contribution in [1.82, 2.24) is 0 Å². The maximum atomic E-state index is 6.08. The predicted molar refractivity (Wildman–Crippen MR) is 93.0 cm³/mol. The Kier molecular flexibility index (Phi) is 7.86. The van der Waals surface area contributed by atoms with Gasteiger partial charge < -0.3 is 9.47 Å². The number of rotatable bonds is 6. The summed E-state index contributed by atoms with van der Waals surface area (Å²) >= 11 is 15.4. The molecule has 0 aliphatic heterocycles. The zero-order valence-corrected chi connectivity index (χ0v) is 14.9. The third-order valence-corrected chi connectivity index (χ3v) is 3.03. The Balaban J connectivity index is 2.53. The van der Waals surface area contributed by atoms with Crippen molar-refractivity contribution in [3.05, 3.63) is 51.1 Å². The molecule has 0 radical (unpaired) electrons. The van der Waals surface area contributed by atoms with Crippen LogP contribution < -0.4 is 4.74 Å². The minimum atomic E-state index is 0.298. The maximum absolute atomic E-state index is 6.08. The Bertz CT molecular complexity index is 544. The lowest BCUT2D eigenvalue weighted by molar-refractivity contribution is 0.210. The molecule has 114 valence electrons. The zero-order chi connectivity index (χ0) is 15.8. The van der Waals surface area contributed by atoms with Crippen LogP contribution in [0.25, 0.3) is 0 Å². The molecular formula is C15H16BrCl2NO2. The second kappa shape index (κ2) is 9.13.